The molecule has 0 fully saturated rings. The molecule has 0 spiro atoms. The van der Waals surface area contributed by atoms with Crippen LogP contribution in [0.15, 0.2) is 34.5 Å². The van der Waals surface area contributed by atoms with Gasteiger partial charge in [0.2, 0.25) is 0 Å². The Morgan fingerprint density at radius 3 is 3.05 bits per heavy atom. The predicted molar refractivity (Wildman–Crippen MR) is 81.0 cm³/mol. The summed E-state index contributed by atoms with van der Waals surface area (Å²) in [5.74, 6) is 1.45. The van der Waals surface area contributed by atoms with Crippen LogP contribution in [0.3, 0.4) is 0 Å². The summed E-state index contributed by atoms with van der Waals surface area (Å²) in [6.45, 7) is 2.73. The number of unbranched alkanes of at least 4 members (excludes halogenated alkanes) is 1. The summed E-state index contributed by atoms with van der Waals surface area (Å²) in [7, 11) is 0. The molecule has 0 aliphatic rings. The summed E-state index contributed by atoms with van der Waals surface area (Å²) in [6, 6.07) is 5.53. The maximum atomic E-state index is 12.4. The zero-order valence-corrected chi connectivity index (χ0v) is 12.3. The van der Waals surface area contributed by atoms with Crippen LogP contribution < -0.4 is 10.5 Å². The number of halogens is 1. The van der Waals surface area contributed by atoms with Gasteiger partial charge in [-0.15, -0.1) is 0 Å². The Balaban J connectivity index is 1.98. The molecule has 2 rings (SSSR count). The van der Waals surface area contributed by atoms with E-state index in [2.05, 4.69) is 11.9 Å². The monoisotopic (exact) mass is 292 g/mol. The number of aromatic nitrogens is 1. The summed E-state index contributed by atoms with van der Waals surface area (Å²) in [5.41, 5.74) is 7.49. The van der Waals surface area contributed by atoms with Crippen LogP contribution in [0.5, 0.6) is 5.75 Å². The van der Waals surface area contributed by atoms with Crippen molar-refractivity contribution in [3.63, 3.8) is 0 Å². The first-order valence-electron chi connectivity index (χ1n) is 7.27. The van der Waals surface area contributed by atoms with E-state index in [9.17, 15) is 4.39 Å². The third-order valence-corrected chi connectivity index (χ3v) is 3.26. The van der Waals surface area contributed by atoms with Gasteiger partial charge >= 0.3 is 0 Å². The molecule has 2 N–H and O–H groups in total. The van der Waals surface area contributed by atoms with E-state index in [0.29, 0.717) is 30.7 Å². The molecule has 0 atom stereocenters. The van der Waals surface area contributed by atoms with E-state index in [1.54, 1.807) is 0 Å². The lowest BCUT2D eigenvalue weighted by Gasteiger charge is -2.06. The minimum absolute atomic E-state index is 0.210. The second kappa shape index (κ2) is 7.78. The lowest BCUT2D eigenvalue weighted by molar-refractivity contribution is 0.320. The quantitative estimate of drug-likeness (QED) is 0.805. The minimum atomic E-state index is 0.210. The van der Waals surface area contributed by atoms with E-state index in [1.165, 1.54) is 0 Å². The molecule has 0 amide bonds. The summed E-state index contributed by atoms with van der Waals surface area (Å²) in [4.78, 5) is 4.43. The van der Waals surface area contributed by atoms with Crippen molar-refractivity contribution in [3.8, 4) is 5.75 Å². The fourth-order valence-electron chi connectivity index (χ4n) is 1.98. The Morgan fingerprint density at radius 1 is 1.48 bits per heavy atom. The van der Waals surface area contributed by atoms with Gasteiger partial charge in [-0.3, -0.25) is 0 Å². The van der Waals surface area contributed by atoms with Crippen LogP contribution in [-0.4, -0.2) is 18.1 Å². The van der Waals surface area contributed by atoms with Crippen LogP contribution in [0.1, 0.15) is 32.1 Å². The van der Waals surface area contributed by atoms with Crippen molar-refractivity contribution in [1.82, 2.24) is 4.98 Å². The SMILES string of the molecule is CCCCc1nc2ccc(OCC/C(=C\F)CN)cc2o1. The summed E-state index contributed by atoms with van der Waals surface area (Å²) < 4.78 is 23.7. The molecule has 0 saturated heterocycles. The van der Waals surface area contributed by atoms with Crippen molar-refractivity contribution >= 4 is 11.1 Å². The van der Waals surface area contributed by atoms with Gasteiger partial charge in [0.25, 0.3) is 0 Å². The van der Waals surface area contributed by atoms with Gasteiger partial charge in [0.15, 0.2) is 11.5 Å². The Morgan fingerprint density at radius 2 is 2.33 bits per heavy atom. The fraction of sp³-hybridized carbons (Fsp3) is 0.438. The number of rotatable bonds is 8. The maximum absolute atomic E-state index is 12.4. The molecule has 114 valence electrons. The topological polar surface area (TPSA) is 61.3 Å². The van der Waals surface area contributed by atoms with Crippen LogP contribution in [0.2, 0.25) is 0 Å². The second-order valence-corrected chi connectivity index (χ2v) is 4.91. The van der Waals surface area contributed by atoms with Crippen molar-refractivity contribution in [3.05, 3.63) is 36.0 Å². The first kappa shape index (κ1) is 15.5. The highest BCUT2D eigenvalue weighted by Gasteiger charge is 2.07. The summed E-state index contributed by atoms with van der Waals surface area (Å²) in [5, 5.41) is 0. The molecule has 1 aromatic carbocycles. The average molecular weight is 292 g/mol. The molecule has 5 heteroatoms. The number of nitrogens with zero attached hydrogens (tertiary/aromatic N) is 1. The molecule has 0 saturated carbocycles. The Labute approximate surface area is 123 Å². The molecule has 4 nitrogen and oxygen atoms in total. The standard InChI is InChI=1S/C16H21FN2O2/c1-2-3-4-16-19-14-6-5-13(9-15(14)21-16)20-8-7-12(10-17)11-18/h5-6,9-10H,2-4,7-8,11,18H2,1H3/b12-10+. The lowest BCUT2D eigenvalue weighted by atomic mass is 10.2. The molecular weight excluding hydrogens is 271 g/mol. The first-order chi connectivity index (χ1) is 10.3. The third-order valence-electron chi connectivity index (χ3n) is 3.26. The van der Waals surface area contributed by atoms with Gasteiger partial charge in [-0.25, -0.2) is 9.37 Å². The molecular formula is C16H21FN2O2. The van der Waals surface area contributed by atoms with Crippen molar-refractivity contribution in [1.29, 1.82) is 0 Å². The zero-order valence-electron chi connectivity index (χ0n) is 12.3. The number of aryl methyl sites for hydroxylation is 1. The summed E-state index contributed by atoms with van der Waals surface area (Å²) in [6.07, 6.45) is 4.04. The number of nitrogens with two attached hydrogens (primary N) is 1. The number of hydrogen-bond donors (Lipinski definition) is 1. The Bertz CT molecular complexity index is 607. The molecule has 2 aromatic rings. The third kappa shape index (κ3) is 4.29. The van der Waals surface area contributed by atoms with Crippen LogP contribution in [0.4, 0.5) is 4.39 Å². The zero-order chi connectivity index (χ0) is 15.1. The second-order valence-electron chi connectivity index (χ2n) is 4.91. The largest absolute Gasteiger partial charge is 0.493 e. The highest BCUT2D eigenvalue weighted by molar-refractivity contribution is 5.74. The normalized spacial score (nSPS) is 12.0. The van der Waals surface area contributed by atoms with Crippen molar-refractivity contribution in [2.24, 2.45) is 5.73 Å². The molecule has 21 heavy (non-hydrogen) atoms. The van der Waals surface area contributed by atoms with Gasteiger partial charge in [-0.05, 0) is 24.1 Å². The van der Waals surface area contributed by atoms with Gasteiger partial charge in [-0.1, -0.05) is 13.3 Å². The van der Waals surface area contributed by atoms with E-state index in [-0.39, 0.29) is 6.54 Å². The van der Waals surface area contributed by atoms with Gasteiger partial charge in [0, 0.05) is 25.5 Å². The van der Waals surface area contributed by atoms with Gasteiger partial charge in [-0.2, -0.15) is 0 Å². The molecule has 0 aliphatic heterocycles. The molecule has 0 aliphatic carbocycles. The van der Waals surface area contributed by atoms with Gasteiger partial charge < -0.3 is 14.9 Å². The van der Waals surface area contributed by atoms with E-state index in [1.807, 2.05) is 18.2 Å². The highest BCUT2D eigenvalue weighted by atomic mass is 19.1. The summed E-state index contributed by atoms with van der Waals surface area (Å²) >= 11 is 0. The number of oxazole rings is 1. The Kier molecular flexibility index (Phi) is 5.75. The maximum Gasteiger partial charge on any atom is 0.195 e. The number of fused-ring (bicyclic) bond motifs is 1. The van der Waals surface area contributed by atoms with Crippen LogP contribution in [0.25, 0.3) is 11.1 Å². The number of hydrogen-bond acceptors (Lipinski definition) is 4. The minimum Gasteiger partial charge on any atom is -0.493 e. The average Bonchev–Trinajstić information content (AvgIpc) is 2.91. The van der Waals surface area contributed by atoms with Gasteiger partial charge in [0.05, 0.1) is 12.9 Å². The van der Waals surface area contributed by atoms with Crippen molar-refractivity contribution < 1.29 is 13.5 Å². The van der Waals surface area contributed by atoms with Crippen LogP contribution in [-0.2, 0) is 6.42 Å². The molecule has 0 bridgehead atoms. The van der Waals surface area contributed by atoms with E-state index in [4.69, 9.17) is 14.9 Å². The molecule has 1 aromatic heterocycles. The fourth-order valence-corrected chi connectivity index (χ4v) is 1.98. The molecule has 0 unspecified atom stereocenters. The molecule has 1 heterocycles. The van der Waals surface area contributed by atoms with Gasteiger partial charge in [0.1, 0.15) is 11.3 Å². The lowest BCUT2D eigenvalue weighted by Crippen LogP contribution is -2.07. The number of benzene rings is 1. The van der Waals surface area contributed by atoms with E-state index in [0.717, 1.165) is 36.3 Å². The van der Waals surface area contributed by atoms with Crippen LogP contribution in [0, 0.1) is 0 Å². The highest BCUT2D eigenvalue weighted by Crippen LogP contribution is 2.22. The van der Waals surface area contributed by atoms with Crippen LogP contribution >= 0.6 is 0 Å². The van der Waals surface area contributed by atoms with E-state index >= 15 is 0 Å². The first-order valence-corrected chi connectivity index (χ1v) is 7.27. The molecule has 0 radical (unpaired) electrons. The number of ether oxygens (including phenoxy) is 1. The van der Waals surface area contributed by atoms with E-state index < -0.39 is 0 Å². The Hall–Kier alpha value is -1.88. The van der Waals surface area contributed by atoms with Crippen molar-refractivity contribution in [2.45, 2.75) is 32.6 Å². The smallest absolute Gasteiger partial charge is 0.195 e. The predicted octanol–water partition coefficient (Wildman–Crippen LogP) is 3.75. The van der Waals surface area contributed by atoms with Crippen molar-refractivity contribution in [2.75, 3.05) is 13.2 Å².